The molecule has 234 valence electrons. The number of carbonyl (C=O) groups is 1. The summed E-state index contributed by atoms with van der Waals surface area (Å²) in [5.41, 5.74) is 9.11. The van der Waals surface area contributed by atoms with E-state index >= 15 is 4.39 Å². The topological polar surface area (TPSA) is 102 Å². The van der Waals surface area contributed by atoms with E-state index in [-0.39, 0.29) is 54.5 Å². The fourth-order valence-corrected chi connectivity index (χ4v) is 7.24. The van der Waals surface area contributed by atoms with Crippen LogP contribution in [0.4, 0.5) is 19.6 Å². The van der Waals surface area contributed by atoms with Gasteiger partial charge in [-0.2, -0.15) is 5.26 Å². The summed E-state index contributed by atoms with van der Waals surface area (Å²) >= 11 is 7.82. The maximum atomic E-state index is 17.0. The number of fused-ring (bicyclic) bond motifs is 2. The van der Waals surface area contributed by atoms with Crippen LogP contribution in [0.5, 0.6) is 0 Å². The summed E-state index contributed by atoms with van der Waals surface area (Å²) in [6.45, 7) is 7.32. The Bertz CT molecular complexity index is 2090. The molecular weight excluding hydrogens is 628 g/mol. The number of thiazole rings is 1. The molecule has 5 aromatic rings. The molecule has 1 aliphatic heterocycles. The minimum atomic E-state index is -0.730. The molecule has 1 atom stereocenters. The lowest BCUT2D eigenvalue weighted by molar-refractivity contribution is -0.128. The van der Waals surface area contributed by atoms with E-state index in [0.717, 1.165) is 16.9 Å². The lowest BCUT2D eigenvalue weighted by atomic mass is 9.95. The molecule has 6 rings (SSSR count). The normalized spacial score (nSPS) is 15.1. The van der Waals surface area contributed by atoms with Crippen molar-refractivity contribution in [1.82, 2.24) is 19.8 Å². The number of nitrogens with zero attached hydrogens (tertiary/aromatic N) is 6. The highest BCUT2D eigenvalue weighted by Gasteiger charge is 2.32. The van der Waals surface area contributed by atoms with Crippen LogP contribution in [0.15, 0.2) is 55.1 Å². The number of nitrogen functional groups attached to an aromatic ring is 1. The Morgan fingerprint density at radius 3 is 2.70 bits per heavy atom. The van der Waals surface area contributed by atoms with E-state index in [1.807, 2.05) is 55.1 Å². The van der Waals surface area contributed by atoms with Crippen molar-refractivity contribution in [3.05, 3.63) is 82.9 Å². The fraction of sp³-hybridized carbons (Fsp3) is 0.235. The quantitative estimate of drug-likeness (QED) is 0.199. The van der Waals surface area contributed by atoms with Crippen LogP contribution in [0.2, 0.25) is 5.02 Å². The number of nitriles is 1. The summed E-state index contributed by atoms with van der Waals surface area (Å²) in [5, 5.41) is 11.2. The van der Waals surface area contributed by atoms with Crippen molar-refractivity contribution in [1.29, 1.82) is 5.26 Å². The van der Waals surface area contributed by atoms with Crippen LogP contribution >= 0.6 is 22.9 Å². The van der Waals surface area contributed by atoms with E-state index in [9.17, 15) is 14.4 Å². The molecule has 0 spiro atoms. The Morgan fingerprint density at radius 2 is 2.00 bits per heavy atom. The molecule has 0 aliphatic carbocycles. The molecule has 0 bridgehead atoms. The van der Waals surface area contributed by atoms with Gasteiger partial charge in [-0.15, -0.1) is 0 Å². The van der Waals surface area contributed by atoms with Gasteiger partial charge in [0.1, 0.15) is 23.0 Å². The van der Waals surface area contributed by atoms with Gasteiger partial charge in [-0.25, -0.2) is 18.7 Å². The van der Waals surface area contributed by atoms with Crippen LogP contribution in [0.1, 0.15) is 18.1 Å². The summed E-state index contributed by atoms with van der Waals surface area (Å²) in [7, 11) is 3.92. The zero-order chi connectivity index (χ0) is 32.9. The molecule has 2 N–H and O–H groups in total. The highest BCUT2D eigenvalue weighted by atomic mass is 35.5. The Kier molecular flexibility index (Phi) is 8.37. The van der Waals surface area contributed by atoms with Crippen molar-refractivity contribution >= 4 is 60.8 Å². The zero-order valence-electron chi connectivity index (χ0n) is 25.4. The van der Waals surface area contributed by atoms with Gasteiger partial charge in [0.2, 0.25) is 5.91 Å². The van der Waals surface area contributed by atoms with Crippen LogP contribution in [-0.4, -0.2) is 65.4 Å². The predicted molar refractivity (Wildman–Crippen MR) is 181 cm³/mol. The van der Waals surface area contributed by atoms with Crippen molar-refractivity contribution in [3.63, 3.8) is 0 Å². The van der Waals surface area contributed by atoms with E-state index in [2.05, 4.69) is 17.6 Å². The highest BCUT2D eigenvalue weighted by Crippen LogP contribution is 2.45. The second kappa shape index (κ2) is 12.3. The maximum absolute atomic E-state index is 17.0. The highest BCUT2D eigenvalue weighted by molar-refractivity contribution is 7.22. The average Bonchev–Trinajstić information content (AvgIpc) is 3.43. The van der Waals surface area contributed by atoms with Crippen LogP contribution in [0.3, 0.4) is 0 Å². The summed E-state index contributed by atoms with van der Waals surface area (Å²) in [5.74, 6) is -1.43. The van der Waals surface area contributed by atoms with E-state index < -0.39 is 11.6 Å². The third kappa shape index (κ3) is 5.42. The molecule has 1 aliphatic rings. The van der Waals surface area contributed by atoms with Gasteiger partial charge in [0.25, 0.3) is 0 Å². The molecule has 3 heterocycles. The van der Waals surface area contributed by atoms with Crippen LogP contribution in [0, 0.1) is 23.0 Å². The van der Waals surface area contributed by atoms with Gasteiger partial charge >= 0.3 is 0 Å². The first-order valence-corrected chi connectivity index (χ1v) is 15.7. The molecule has 1 saturated heterocycles. The molecule has 3 aromatic carbocycles. The van der Waals surface area contributed by atoms with Crippen LogP contribution in [0.25, 0.3) is 43.5 Å². The number of aromatic nitrogens is 2. The number of anilines is 2. The second-order valence-corrected chi connectivity index (χ2v) is 13.0. The first kappa shape index (κ1) is 31.4. The molecule has 0 unspecified atom stereocenters. The Labute approximate surface area is 273 Å². The Hall–Kier alpha value is -4.63. The molecular formula is C34H30ClF2N7OS. The molecule has 0 radical (unpaired) electrons. The van der Waals surface area contributed by atoms with Crippen molar-refractivity contribution in [2.45, 2.75) is 19.5 Å². The standard InChI is InChI=1S/C34H30ClF2N7OS/c1-5-26(45)44-12-11-43(16-18(44)2)32-22-14-24(35)27(21-9-10-25(36)33-31(21)41-34(39)46-33)28(37)30(22)40-29(23(32)15-38)20-8-6-7-19(13-20)17-42(3)4/h5-10,13-14,18H,1,11-12,16-17H2,2-4H3,(H2,39,41)/t18-/m1/s1. The first-order valence-electron chi connectivity index (χ1n) is 14.5. The monoisotopic (exact) mass is 657 g/mol. The maximum Gasteiger partial charge on any atom is 0.246 e. The van der Waals surface area contributed by atoms with Gasteiger partial charge in [0.15, 0.2) is 10.9 Å². The lowest BCUT2D eigenvalue weighted by Crippen LogP contribution is -2.54. The van der Waals surface area contributed by atoms with Crippen LogP contribution < -0.4 is 10.6 Å². The molecule has 1 fully saturated rings. The van der Waals surface area contributed by atoms with Crippen molar-refractivity contribution in [2.24, 2.45) is 0 Å². The molecule has 1 amide bonds. The van der Waals surface area contributed by atoms with Crippen LogP contribution in [-0.2, 0) is 11.3 Å². The van der Waals surface area contributed by atoms with Gasteiger partial charge in [-0.1, -0.05) is 47.7 Å². The summed E-state index contributed by atoms with van der Waals surface area (Å²) < 4.78 is 31.9. The number of halogens is 3. The number of hydrogen-bond acceptors (Lipinski definition) is 8. The number of amides is 1. The minimum Gasteiger partial charge on any atom is -0.375 e. The van der Waals surface area contributed by atoms with Crippen molar-refractivity contribution in [3.8, 4) is 28.5 Å². The summed E-state index contributed by atoms with van der Waals surface area (Å²) in [6, 6.07) is 14.0. The second-order valence-electron chi connectivity index (χ2n) is 11.5. The third-order valence-electron chi connectivity index (χ3n) is 8.14. The number of hydrogen-bond donors (Lipinski definition) is 1. The predicted octanol–water partition coefficient (Wildman–Crippen LogP) is 6.85. The van der Waals surface area contributed by atoms with Gasteiger partial charge in [0.05, 0.1) is 26.6 Å². The number of nitrogens with two attached hydrogens (primary N) is 1. The number of piperazine rings is 1. The number of pyridine rings is 1. The number of rotatable bonds is 6. The largest absolute Gasteiger partial charge is 0.375 e. The molecule has 12 heteroatoms. The van der Waals surface area contributed by atoms with Gasteiger partial charge in [-0.05, 0) is 56.9 Å². The van der Waals surface area contributed by atoms with Crippen molar-refractivity contribution < 1.29 is 13.6 Å². The third-order valence-corrected chi connectivity index (χ3v) is 9.33. The Morgan fingerprint density at radius 1 is 1.22 bits per heavy atom. The van der Waals surface area contributed by atoms with Gasteiger partial charge < -0.3 is 20.4 Å². The van der Waals surface area contributed by atoms with E-state index in [0.29, 0.717) is 48.5 Å². The summed E-state index contributed by atoms with van der Waals surface area (Å²) in [6.07, 6.45) is 1.28. The smallest absolute Gasteiger partial charge is 0.246 e. The SMILES string of the molecule is C=CC(=O)N1CCN(c2c(C#N)c(-c3cccc(CN(C)C)c3)nc3c(F)c(-c4ccc(F)c5sc(N)nc45)c(Cl)cc23)C[C@H]1C. The van der Waals surface area contributed by atoms with Gasteiger partial charge in [-0.3, -0.25) is 4.79 Å². The number of benzene rings is 3. The molecule has 8 nitrogen and oxygen atoms in total. The van der Waals surface area contributed by atoms with Gasteiger partial charge in [0, 0.05) is 54.3 Å². The minimum absolute atomic E-state index is 0.000611. The average molecular weight is 658 g/mol. The van der Waals surface area contributed by atoms with E-state index in [1.165, 1.54) is 18.2 Å². The fourth-order valence-electron chi connectivity index (χ4n) is 6.18. The molecule has 0 saturated carbocycles. The first-order chi connectivity index (χ1) is 22.0. The van der Waals surface area contributed by atoms with E-state index in [1.54, 1.807) is 11.0 Å². The number of carbonyl (C=O) groups excluding carboxylic acids is 1. The summed E-state index contributed by atoms with van der Waals surface area (Å²) in [4.78, 5) is 27.3. The zero-order valence-corrected chi connectivity index (χ0v) is 27.0. The molecule has 2 aromatic heterocycles. The molecule has 46 heavy (non-hydrogen) atoms. The van der Waals surface area contributed by atoms with E-state index in [4.69, 9.17) is 22.3 Å². The lowest BCUT2D eigenvalue weighted by Gasteiger charge is -2.41. The van der Waals surface area contributed by atoms with Crippen molar-refractivity contribution in [2.75, 3.05) is 44.4 Å². The Balaban J connectivity index is 1.64.